The Bertz CT molecular complexity index is 1370. The average molecular weight is 461 g/mol. The largest absolute Gasteiger partial charge is 0.344 e. The molecule has 3 heterocycles. The van der Waals surface area contributed by atoms with Gasteiger partial charge < -0.3 is 28.4 Å². The third-order valence-corrected chi connectivity index (χ3v) is 7.76. The Morgan fingerprint density at radius 2 is 0.853 bits per heavy atom. The molecule has 4 aromatic carbocycles. The fourth-order valence-electron chi connectivity index (χ4n) is 6.05. The van der Waals surface area contributed by atoms with Crippen LogP contribution in [0, 0.1) is 0 Å². The molecule has 6 heteroatoms. The number of rotatable bonds is 3. The molecule has 6 nitrogen and oxygen atoms in total. The van der Waals surface area contributed by atoms with Crippen molar-refractivity contribution in [3.05, 3.63) is 59.2 Å². The topological polar surface area (TPSA) is 55.4 Å². The lowest BCUT2D eigenvalue weighted by molar-refractivity contribution is -0.153. The van der Waals surface area contributed by atoms with Crippen LogP contribution < -0.4 is 0 Å². The van der Waals surface area contributed by atoms with Crippen molar-refractivity contribution < 1.29 is 28.4 Å². The molecule has 3 saturated heterocycles. The van der Waals surface area contributed by atoms with Gasteiger partial charge in [0.1, 0.15) is 0 Å². The monoisotopic (exact) mass is 460 g/mol. The molecule has 0 aliphatic carbocycles. The summed E-state index contributed by atoms with van der Waals surface area (Å²) in [5.74, 6) is -2.43. The number of ether oxygens (including phenoxy) is 6. The lowest BCUT2D eigenvalue weighted by Crippen LogP contribution is -2.27. The fraction of sp³-hybridized carbons (Fsp3) is 0.429. The van der Waals surface area contributed by atoms with Gasteiger partial charge >= 0.3 is 0 Å². The van der Waals surface area contributed by atoms with E-state index in [-0.39, 0.29) is 0 Å². The van der Waals surface area contributed by atoms with Crippen molar-refractivity contribution in [2.24, 2.45) is 0 Å². The van der Waals surface area contributed by atoms with Gasteiger partial charge in [-0.25, -0.2) is 0 Å². The molecule has 34 heavy (non-hydrogen) atoms. The smallest absolute Gasteiger partial charge is 0.192 e. The minimum atomic E-state index is -0.835. The third kappa shape index (κ3) is 2.78. The number of benzene rings is 4. The van der Waals surface area contributed by atoms with Gasteiger partial charge in [-0.3, -0.25) is 0 Å². The van der Waals surface area contributed by atoms with Crippen molar-refractivity contribution in [2.45, 2.75) is 38.1 Å². The minimum Gasteiger partial charge on any atom is -0.344 e. The molecule has 176 valence electrons. The van der Waals surface area contributed by atoms with Crippen LogP contribution >= 0.6 is 0 Å². The summed E-state index contributed by atoms with van der Waals surface area (Å²) in [5.41, 5.74) is 3.03. The average Bonchev–Trinajstić information content (AvgIpc) is 3.60. The van der Waals surface area contributed by atoms with Crippen LogP contribution in [-0.2, 0) is 45.8 Å². The highest BCUT2D eigenvalue weighted by molar-refractivity contribution is 6.25. The molecule has 0 amide bonds. The molecule has 0 spiro atoms. The van der Waals surface area contributed by atoms with Crippen molar-refractivity contribution in [3.63, 3.8) is 0 Å². The summed E-state index contributed by atoms with van der Waals surface area (Å²) < 4.78 is 36.7. The predicted molar refractivity (Wildman–Crippen MR) is 128 cm³/mol. The Kier molecular flexibility index (Phi) is 4.39. The second-order valence-corrected chi connectivity index (χ2v) is 9.76. The van der Waals surface area contributed by atoms with E-state index in [4.69, 9.17) is 28.4 Å². The van der Waals surface area contributed by atoms with Crippen LogP contribution in [0.15, 0.2) is 42.5 Å². The summed E-state index contributed by atoms with van der Waals surface area (Å²) in [6, 6.07) is 15.2. The highest BCUT2D eigenvalue weighted by Crippen LogP contribution is 2.48. The normalized spacial score (nSPS) is 23.6. The van der Waals surface area contributed by atoms with Gasteiger partial charge in [-0.1, -0.05) is 36.4 Å². The molecule has 0 radical (unpaired) electrons. The van der Waals surface area contributed by atoms with E-state index in [2.05, 4.69) is 42.5 Å². The molecule has 7 rings (SSSR count). The Balaban J connectivity index is 1.62. The van der Waals surface area contributed by atoms with Gasteiger partial charge in [0.05, 0.1) is 39.6 Å². The molecule has 0 saturated carbocycles. The maximum Gasteiger partial charge on any atom is 0.192 e. The molecule has 0 N–H and O–H groups in total. The molecule has 4 aromatic rings. The predicted octanol–water partition coefficient (Wildman–Crippen LogP) is 5.24. The summed E-state index contributed by atoms with van der Waals surface area (Å²) >= 11 is 0. The van der Waals surface area contributed by atoms with Crippen LogP contribution in [0.4, 0.5) is 0 Å². The van der Waals surface area contributed by atoms with E-state index in [0.717, 1.165) is 38.2 Å². The second kappa shape index (κ2) is 7.10. The molecule has 3 aliphatic rings. The lowest BCUT2D eigenvalue weighted by atomic mass is 9.83. The van der Waals surface area contributed by atoms with Gasteiger partial charge in [-0.05, 0) is 59.2 Å². The highest BCUT2D eigenvalue weighted by Gasteiger charge is 2.41. The quantitative estimate of drug-likeness (QED) is 0.390. The van der Waals surface area contributed by atoms with Crippen LogP contribution in [0.5, 0.6) is 0 Å². The summed E-state index contributed by atoms with van der Waals surface area (Å²) in [6.45, 7) is 9.45. The minimum absolute atomic E-state index is 0.565. The first-order chi connectivity index (χ1) is 16.4. The Labute approximate surface area is 197 Å². The zero-order chi connectivity index (χ0) is 23.1. The van der Waals surface area contributed by atoms with Crippen molar-refractivity contribution in [2.75, 3.05) is 39.6 Å². The van der Waals surface area contributed by atoms with E-state index in [1.54, 1.807) is 0 Å². The van der Waals surface area contributed by atoms with E-state index in [1.165, 1.54) is 10.8 Å². The molecular formula is C28H28O6. The fourth-order valence-corrected chi connectivity index (χ4v) is 6.05. The zero-order valence-electron chi connectivity index (χ0n) is 19.7. The zero-order valence-corrected chi connectivity index (χ0v) is 19.7. The van der Waals surface area contributed by atoms with Crippen LogP contribution in [0.3, 0.4) is 0 Å². The van der Waals surface area contributed by atoms with Crippen LogP contribution in [0.1, 0.15) is 37.5 Å². The maximum absolute atomic E-state index is 6.14. The summed E-state index contributed by atoms with van der Waals surface area (Å²) in [5, 5.41) is 6.85. The van der Waals surface area contributed by atoms with Crippen molar-refractivity contribution in [1.82, 2.24) is 0 Å². The van der Waals surface area contributed by atoms with Crippen molar-refractivity contribution >= 4 is 32.3 Å². The van der Waals surface area contributed by atoms with Gasteiger partial charge in [0, 0.05) is 16.7 Å². The van der Waals surface area contributed by atoms with Crippen LogP contribution in [-0.4, -0.2) is 39.6 Å². The van der Waals surface area contributed by atoms with E-state index in [0.29, 0.717) is 39.6 Å². The molecule has 3 aliphatic heterocycles. The Hall–Kier alpha value is -2.32. The van der Waals surface area contributed by atoms with Crippen molar-refractivity contribution in [3.8, 4) is 0 Å². The SMILES string of the molecule is CC1(c2ccc3ccc4c(C5(C)OCCO5)cc(C5(C)OCCO5)c5ccc2c3c45)OCCO1. The van der Waals surface area contributed by atoms with E-state index >= 15 is 0 Å². The van der Waals surface area contributed by atoms with Gasteiger partial charge in [-0.15, -0.1) is 0 Å². The summed E-state index contributed by atoms with van der Waals surface area (Å²) in [6.07, 6.45) is 0. The molecule has 0 unspecified atom stereocenters. The lowest BCUT2D eigenvalue weighted by Gasteiger charge is -2.31. The number of hydrogen-bond acceptors (Lipinski definition) is 6. The first kappa shape index (κ1) is 21.0. The maximum atomic E-state index is 6.14. The summed E-state index contributed by atoms with van der Waals surface area (Å²) in [7, 11) is 0. The van der Waals surface area contributed by atoms with E-state index in [9.17, 15) is 0 Å². The molecular weight excluding hydrogens is 432 g/mol. The van der Waals surface area contributed by atoms with E-state index in [1.807, 2.05) is 20.8 Å². The molecule has 3 fully saturated rings. The van der Waals surface area contributed by atoms with Gasteiger partial charge in [0.25, 0.3) is 0 Å². The first-order valence-corrected chi connectivity index (χ1v) is 12.0. The highest BCUT2D eigenvalue weighted by atomic mass is 16.7. The van der Waals surface area contributed by atoms with Gasteiger partial charge in [-0.2, -0.15) is 0 Å². The summed E-state index contributed by atoms with van der Waals surface area (Å²) in [4.78, 5) is 0. The van der Waals surface area contributed by atoms with Crippen LogP contribution in [0.25, 0.3) is 32.3 Å². The van der Waals surface area contributed by atoms with E-state index < -0.39 is 17.4 Å². The Morgan fingerprint density at radius 3 is 1.35 bits per heavy atom. The molecule has 0 atom stereocenters. The standard InChI is InChI=1S/C28H28O6/c1-26(29-10-11-30-26)21-9-5-17-4-6-19-22(27(2)31-12-13-32-27)16-23(28(3)33-14-15-34-28)20-8-7-18(21)24(17)25(19)20/h4-9,16H,10-15H2,1-3H3. The Morgan fingerprint density at radius 1 is 0.471 bits per heavy atom. The van der Waals surface area contributed by atoms with Gasteiger partial charge in [0.15, 0.2) is 17.4 Å². The van der Waals surface area contributed by atoms with Crippen LogP contribution in [0.2, 0.25) is 0 Å². The number of hydrogen-bond donors (Lipinski definition) is 0. The first-order valence-electron chi connectivity index (χ1n) is 12.0. The third-order valence-electron chi connectivity index (χ3n) is 7.76. The molecule has 0 aromatic heterocycles. The van der Waals surface area contributed by atoms with Gasteiger partial charge in [0.2, 0.25) is 0 Å². The second-order valence-electron chi connectivity index (χ2n) is 9.76. The molecule has 0 bridgehead atoms. The van der Waals surface area contributed by atoms with Crippen molar-refractivity contribution in [1.29, 1.82) is 0 Å².